The van der Waals surface area contributed by atoms with Crippen molar-refractivity contribution in [3.05, 3.63) is 0 Å². The number of nitrogens with two attached hydrogens (primary N) is 1. The van der Waals surface area contributed by atoms with Gasteiger partial charge in [-0.25, -0.2) is 0 Å². The molecule has 0 fully saturated rings. The molecule has 0 rings (SSSR count). The van der Waals surface area contributed by atoms with E-state index in [1.54, 1.807) is 0 Å². The molecule has 3 nitrogen and oxygen atoms in total. The number of amidine groups is 1. The minimum atomic E-state index is 0.339. The number of aliphatic imine (C=N–C) groups is 1. The molecular weight excluding hydrogens is 186 g/mol. The van der Waals surface area contributed by atoms with Crippen molar-refractivity contribution < 1.29 is 0 Å². The minimum absolute atomic E-state index is 0.339. The topological polar surface area (TPSA) is 41.6 Å². The molecule has 78 valence electrons. The monoisotopic (exact) mass is 205 g/mol. The van der Waals surface area contributed by atoms with Gasteiger partial charge in [-0.15, -0.1) is 11.6 Å². The quantitative estimate of drug-likeness (QED) is 0.295. The van der Waals surface area contributed by atoms with Gasteiger partial charge in [0, 0.05) is 6.54 Å². The molecule has 0 spiro atoms. The molecule has 0 bridgehead atoms. The Morgan fingerprint density at radius 1 is 1.38 bits per heavy atom. The molecule has 4 heteroatoms. The molecule has 2 N–H and O–H groups in total. The molecule has 0 aliphatic rings. The van der Waals surface area contributed by atoms with E-state index in [0.29, 0.717) is 11.7 Å². The maximum Gasteiger partial charge on any atom is 0.109 e. The van der Waals surface area contributed by atoms with Gasteiger partial charge in [-0.2, -0.15) is 0 Å². The summed E-state index contributed by atoms with van der Waals surface area (Å²) in [6.45, 7) is 8.41. The van der Waals surface area contributed by atoms with Gasteiger partial charge in [0.25, 0.3) is 0 Å². The van der Waals surface area contributed by atoms with Crippen molar-refractivity contribution in [3.8, 4) is 0 Å². The Morgan fingerprint density at radius 2 is 2.00 bits per heavy atom. The van der Waals surface area contributed by atoms with E-state index in [0.717, 1.165) is 32.6 Å². The summed E-state index contributed by atoms with van der Waals surface area (Å²) in [6, 6.07) is 0. The highest BCUT2D eigenvalue weighted by atomic mass is 35.5. The van der Waals surface area contributed by atoms with Crippen LogP contribution in [-0.4, -0.2) is 42.8 Å². The highest BCUT2D eigenvalue weighted by Gasteiger charge is 1.97. The van der Waals surface area contributed by atoms with Crippen LogP contribution in [0.4, 0.5) is 0 Å². The van der Waals surface area contributed by atoms with E-state index < -0.39 is 0 Å². The number of nitrogens with zero attached hydrogens (tertiary/aromatic N) is 2. The van der Waals surface area contributed by atoms with Crippen molar-refractivity contribution in [1.29, 1.82) is 0 Å². The predicted molar refractivity (Wildman–Crippen MR) is 59.6 cm³/mol. The molecule has 0 heterocycles. The Balaban J connectivity index is 3.44. The second-order valence-electron chi connectivity index (χ2n) is 2.89. The third-order valence-corrected chi connectivity index (χ3v) is 2.25. The van der Waals surface area contributed by atoms with Gasteiger partial charge in [-0.1, -0.05) is 13.8 Å². The first-order valence-electron chi connectivity index (χ1n) is 4.81. The molecular formula is C9H20ClN3. The number of hydrogen-bond acceptors (Lipinski definition) is 2. The zero-order valence-corrected chi connectivity index (χ0v) is 9.35. The van der Waals surface area contributed by atoms with Crippen molar-refractivity contribution in [2.24, 2.45) is 10.7 Å². The van der Waals surface area contributed by atoms with E-state index in [1.165, 1.54) is 0 Å². The minimum Gasteiger partial charge on any atom is -0.386 e. The lowest BCUT2D eigenvalue weighted by atomic mass is 10.3. The Bertz CT molecular complexity index is 144. The van der Waals surface area contributed by atoms with Crippen molar-refractivity contribution in [1.82, 2.24) is 4.90 Å². The Kier molecular flexibility index (Phi) is 8.14. The van der Waals surface area contributed by atoms with Crippen LogP contribution in [0.25, 0.3) is 0 Å². The van der Waals surface area contributed by atoms with Gasteiger partial charge in [-0.05, 0) is 26.1 Å². The lowest BCUT2D eigenvalue weighted by Gasteiger charge is -2.16. The number of hydrogen-bond donors (Lipinski definition) is 1. The molecule has 0 amide bonds. The van der Waals surface area contributed by atoms with Gasteiger partial charge in [-0.3, -0.25) is 4.99 Å². The van der Waals surface area contributed by atoms with Crippen molar-refractivity contribution in [2.45, 2.75) is 20.3 Å². The van der Waals surface area contributed by atoms with Crippen LogP contribution < -0.4 is 5.73 Å². The van der Waals surface area contributed by atoms with Crippen LogP contribution in [0.15, 0.2) is 4.99 Å². The molecule has 0 aromatic carbocycles. The number of halogens is 1. The summed E-state index contributed by atoms with van der Waals surface area (Å²) < 4.78 is 0. The summed E-state index contributed by atoms with van der Waals surface area (Å²) in [7, 11) is 0. The summed E-state index contributed by atoms with van der Waals surface area (Å²) in [5.74, 6) is 0.881. The summed E-state index contributed by atoms with van der Waals surface area (Å²) in [5, 5.41) is 0. The van der Waals surface area contributed by atoms with Crippen molar-refractivity contribution >= 4 is 17.4 Å². The fourth-order valence-electron chi connectivity index (χ4n) is 1.10. The van der Waals surface area contributed by atoms with E-state index in [-0.39, 0.29) is 0 Å². The van der Waals surface area contributed by atoms with Crippen LogP contribution in [0.3, 0.4) is 0 Å². The molecule has 0 aromatic heterocycles. The molecule has 0 atom stereocenters. The van der Waals surface area contributed by atoms with E-state index >= 15 is 0 Å². The summed E-state index contributed by atoms with van der Waals surface area (Å²) >= 11 is 5.48. The number of alkyl halides is 1. The summed E-state index contributed by atoms with van der Waals surface area (Å²) in [4.78, 5) is 6.49. The molecule has 0 aliphatic heterocycles. The van der Waals surface area contributed by atoms with Gasteiger partial charge >= 0.3 is 0 Å². The SMILES string of the molecule is CCN(CC)CCCN=C(N)CCl. The smallest absolute Gasteiger partial charge is 0.109 e. The van der Waals surface area contributed by atoms with E-state index in [9.17, 15) is 0 Å². The van der Waals surface area contributed by atoms with Crippen molar-refractivity contribution in [3.63, 3.8) is 0 Å². The lowest BCUT2D eigenvalue weighted by molar-refractivity contribution is 0.302. The summed E-state index contributed by atoms with van der Waals surface area (Å²) in [6.07, 6.45) is 1.05. The molecule has 13 heavy (non-hydrogen) atoms. The largest absolute Gasteiger partial charge is 0.386 e. The first kappa shape index (κ1) is 12.7. The van der Waals surface area contributed by atoms with Crippen LogP contribution in [0.1, 0.15) is 20.3 Å². The second-order valence-corrected chi connectivity index (χ2v) is 3.15. The maximum atomic E-state index is 5.48. The van der Waals surface area contributed by atoms with E-state index in [4.69, 9.17) is 17.3 Å². The van der Waals surface area contributed by atoms with Crippen LogP contribution in [-0.2, 0) is 0 Å². The van der Waals surface area contributed by atoms with Gasteiger partial charge in [0.05, 0.1) is 5.88 Å². The van der Waals surface area contributed by atoms with Crippen LogP contribution in [0.2, 0.25) is 0 Å². The first-order valence-corrected chi connectivity index (χ1v) is 5.35. The van der Waals surface area contributed by atoms with Crippen LogP contribution in [0.5, 0.6) is 0 Å². The first-order chi connectivity index (χ1) is 6.24. The van der Waals surface area contributed by atoms with Crippen LogP contribution in [0, 0.1) is 0 Å². The Labute approximate surface area is 86.0 Å². The molecule has 0 saturated carbocycles. The van der Waals surface area contributed by atoms with E-state index in [2.05, 4.69) is 23.7 Å². The van der Waals surface area contributed by atoms with Crippen LogP contribution >= 0.6 is 11.6 Å². The normalized spacial score (nSPS) is 12.5. The maximum absolute atomic E-state index is 5.48. The van der Waals surface area contributed by atoms with Gasteiger partial charge < -0.3 is 10.6 Å². The highest BCUT2D eigenvalue weighted by molar-refractivity contribution is 6.27. The third-order valence-electron chi connectivity index (χ3n) is 1.98. The van der Waals surface area contributed by atoms with Crippen molar-refractivity contribution in [2.75, 3.05) is 32.1 Å². The molecule has 0 radical (unpaired) electrons. The predicted octanol–water partition coefficient (Wildman–Crippen LogP) is 1.31. The Hall–Kier alpha value is -0.280. The molecule has 0 aromatic rings. The summed E-state index contributed by atoms with van der Waals surface area (Å²) in [5.41, 5.74) is 5.46. The molecule has 0 saturated heterocycles. The molecule has 0 aliphatic carbocycles. The standard InChI is InChI=1S/C9H20ClN3/c1-3-13(4-2)7-5-6-12-9(11)8-10/h3-8H2,1-2H3,(H2,11,12). The van der Waals surface area contributed by atoms with Gasteiger partial charge in [0.2, 0.25) is 0 Å². The zero-order valence-electron chi connectivity index (χ0n) is 8.59. The third kappa shape index (κ3) is 6.84. The van der Waals surface area contributed by atoms with Gasteiger partial charge in [0.1, 0.15) is 5.84 Å². The number of rotatable bonds is 7. The highest BCUT2D eigenvalue weighted by Crippen LogP contribution is 1.91. The fourth-order valence-corrected chi connectivity index (χ4v) is 1.18. The average molecular weight is 206 g/mol. The zero-order chi connectivity index (χ0) is 10.1. The average Bonchev–Trinajstić information content (AvgIpc) is 2.18. The lowest BCUT2D eigenvalue weighted by Crippen LogP contribution is -2.24. The fraction of sp³-hybridized carbons (Fsp3) is 0.889. The molecule has 0 unspecified atom stereocenters. The Morgan fingerprint density at radius 3 is 2.46 bits per heavy atom. The van der Waals surface area contributed by atoms with Gasteiger partial charge in [0.15, 0.2) is 0 Å². The second kappa shape index (κ2) is 8.32. The van der Waals surface area contributed by atoms with E-state index in [1.807, 2.05) is 0 Å².